The third-order valence-electron chi connectivity index (χ3n) is 7.16. The molecule has 0 saturated carbocycles. The van der Waals surface area contributed by atoms with Crippen LogP contribution in [-0.2, 0) is 46.4 Å². The first-order chi connectivity index (χ1) is 24.2. The van der Waals surface area contributed by atoms with Gasteiger partial charge in [0.15, 0.2) is 11.0 Å². The van der Waals surface area contributed by atoms with Crippen LogP contribution in [0.3, 0.4) is 0 Å². The number of rotatable bonds is 13. The van der Waals surface area contributed by atoms with Crippen molar-refractivity contribution in [2.75, 3.05) is 30.6 Å². The van der Waals surface area contributed by atoms with Gasteiger partial charge in [0, 0.05) is 52.9 Å². The number of nitrogens with zero attached hydrogens (tertiary/aromatic N) is 4. The third kappa shape index (κ3) is 8.64. The summed E-state index contributed by atoms with van der Waals surface area (Å²) < 4.78 is 46.6. The van der Waals surface area contributed by atoms with Crippen LogP contribution in [0.4, 0.5) is 20.2 Å². The van der Waals surface area contributed by atoms with Crippen molar-refractivity contribution in [3.8, 4) is 22.6 Å². The van der Waals surface area contributed by atoms with E-state index < -0.39 is 17.6 Å². The molecular weight excluding hydrogens is 703 g/mol. The average Bonchev–Trinajstić information content (AvgIpc) is 3.57. The van der Waals surface area contributed by atoms with Crippen LogP contribution in [-0.4, -0.2) is 31.3 Å². The first-order valence-corrected chi connectivity index (χ1v) is 16.0. The van der Waals surface area contributed by atoms with Gasteiger partial charge in [-0.2, -0.15) is 8.67 Å². The minimum Gasteiger partial charge on any atom is -0.691 e. The highest BCUT2D eigenvalue weighted by Crippen LogP contribution is 2.43. The van der Waals surface area contributed by atoms with Gasteiger partial charge in [-0.05, 0) is 32.9 Å². The molecular formula is C32H29F2N4O10S2-. The fourth-order valence-electron chi connectivity index (χ4n) is 5.06. The van der Waals surface area contributed by atoms with Crippen molar-refractivity contribution in [1.29, 1.82) is 0 Å². The van der Waals surface area contributed by atoms with Crippen molar-refractivity contribution in [3.05, 3.63) is 82.5 Å². The van der Waals surface area contributed by atoms with Gasteiger partial charge < -0.3 is 20.2 Å². The Morgan fingerprint density at radius 3 is 2.40 bits per heavy atom. The van der Waals surface area contributed by atoms with E-state index >= 15 is 4.39 Å². The number of ether oxygens (including phenoxy) is 1. The van der Waals surface area contributed by atoms with Gasteiger partial charge in [-0.25, -0.2) is 27.9 Å². The highest BCUT2D eigenvalue weighted by Gasteiger charge is 2.31. The number of methoxy groups -OCH3 is 1. The maximum absolute atomic E-state index is 15.0. The van der Waals surface area contributed by atoms with E-state index in [1.165, 1.54) is 29.9 Å². The molecule has 0 fully saturated rings. The molecule has 0 radical (unpaired) electrons. The summed E-state index contributed by atoms with van der Waals surface area (Å²) in [5, 5.41) is 32.4. The third-order valence-corrected chi connectivity index (χ3v) is 7.76. The average molecular weight is 732 g/mol. The van der Waals surface area contributed by atoms with Crippen molar-refractivity contribution >= 4 is 58.5 Å². The second-order valence-corrected chi connectivity index (χ2v) is 10.8. The summed E-state index contributed by atoms with van der Waals surface area (Å²) >= 11 is 0.905. The predicted octanol–water partition coefficient (Wildman–Crippen LogP) is 3.67. The predicted molar refractivity (Wildman–Crippen MR) is 174 cm³/mol. The Balaban J connectivity index is 1.80. The van der Waals surface area contributed by atoms with E-state index in [-0.39, 0.29) is 17.7 Å². The minimum atomic E-state index is -0.865. The summed E-state index contributed by atoms with van der Waals surface area (Å²) in [6.07, 6.45) is 7.08. The normalized spacial score (nSPS) is 13.5. The van der Waals surface area contributed by atoms with E-state index in [4.69, 9.17) is 9.62 Å². The van der Waals surface area contributed by atoms with E-state index in [1.54, 1.807) is 39.8 Å². The largest absolute Gasteiger partial charge is 0.691 e. The monoisotopic (exact) mass is 731 g/mol. The van der Waals surface area contributed by atoms with Crippen molar-refractivity contribution in [1.82, 2.24) is 4.57 Å². The molecule has 50 heavy (non-hydrogen) atoms. The molecule has 18 heteroatoms. The van der Waals surface area contributed by atoms with Gasteiger partial charge in [-0.3, -0.25) is 15.0 Å². The molecule has 0 atom stereocenters. The summed E-state index contributed by atoms with van der Waals surface area (Å²) in [6.45, 7) is 6.26. The quantitative estimate of drug-likeness (QED) is 0.0369. The Kier molecular flexibility index (Phi) is 14.2. The van der Waals surface area contributed by atoms with Crippen LogP contribution in [0.15, 0.2) is 53.9 Å². The first-order valence-electron chi connectivity index (χ1n) is 14.5. The highest BCUT2D eigenvalue weighted by molar-refractivity contribution is 7.99. The summed E-state index contributed by atoms with van der Waals surface area (Å²) in [5.74, 6) is -1.09. The van der Waals surface area contributed by atoms with E-state index in [0.29, 0.717) is 71.2 Å². The molecule has 3 aromatic rings. The van der Waals surface area contributed by atoms with E-state index in [0.717, 1.165) is 12.7 Å². The summed E-state index contributed by atoms with van der Waals surface area (Å²) in [4.78, 5) is 25.3. The zero-order chi connectivity index (χ0) is 36.2. The number of esters is 1. The second kappa shape index (κ2) is 18.5. The number of fused-ring (bicyclic) bond motifs is 2. The minimum absolute atomic E-state index is 0.151. The number of allylic oxidation sites excluding steroid dienone is 4. The fourth-order valence-corrected chi connectivity index (χ4v) is 5.44. The lowest BCUT2D eigenvalue weighted by molar-refractivity contribution is -0.777. The molecule has 2 aromatic carbocycles. The van der Waals surface area contributed by atoms with E-state index in [9.17, 15) is 19.7 Å². The zero-order valence-corrected chi connectivity index (χ0v) is 28.8. The lowest BCUT2D eigenvalue weighted by Gasteiger charge is -2.20. The molecule has 2 heterocycles. The van der Waals surface area contributed by atoms with Gasteiger partial charge in [0.05, 0.1) is 37.7 Å². The van der Waals surface area contributed by atoms with Crippen LogP contribution in [0.1, 0.15) is 42.5 Å². The van der Waals surface area contributed by atoms with Crippen molar-refractivity contribution in [2.45, 2.75) is 33.9 Å². The smallest absolute Gasteiger partial charge is 0.341 e. The van der Waals surface area contributed by atoms with E-state index in [2.05, 4.69) is 46.2 Å². The number of halogens is 2. The number of hydrogen-bond donors (Lipinski definition) is 0. The molecule has 0 spiro atoms. The number of aromatic nitrogens is 2. The van der Waals surface area contributed by atoms with E-state index in [1.807, 2.05) is 25.7 Å². The molecule has 1 aliphatic rings. The molecule has 0 N–H and O–H groups in total. The molecule has 1 aliphatic heterocycles. The standard InChI is InChI=1S/C32H30F2N4O10S2/c1-6-35-28-18-24(33)22(20-44-43-5)16-26(28)37(12-14-49-47-45-40)30(35)10-8-21(3)9-11-31-36(7-2)29-19-25(34)23(32(39)42-4)17-27(29)38(31)13-15-50-48-46-41/h8-11,16-19H,6-7,20H2,1-5H3,(H-,40,41)/p-1. The fraction of sp³-hybridized carbons (Fsp3) is 0.250. The molecule has 0 aliphatic carbocycles. The molecule has 14 nitrogen and oxygen atoms in total. The van der Waals surface area contributed by atoms with Gasteiger partial charge in [-0.1, -0.05) is 17.7 Å². The Morgan fingerprint density at radius 2 is 1.74 bits per heavy atom. The summed E-state index contributed by atoms with van der Waals surface area (Å²) in [7, 11) is 2.46. The second-order valence-electron chi connectivity index (χ2n) is 9.83. The molecule has 4 rings (SSSR count). The maximum atomic E-state index is 15.0. The van der Waals surface area contributed by atoms with Crippen LogP contribution >= 0.6 is 24.1 Å². The van der Waals surface area contributed by atoms with Crippen LogP contribution in [0.5, 0.6) is 0 Å². The zero-order valence-electron chi connectivity index (χ0n) is 27.2. The van der Waals surface area contributed by atoms with Crippen LogP contribution < -0.4 is 24.9 Å². The Hall–Kier alpha value is -4.44. The molecule has 264 valence electrons. The first kappa shape index (κ1) is 38.4. The lowest BCUT2D eigenvalue weighted by Crippen LogP contribution is -2.31. The summed E-state index contributed by atoms with van der Waals surface area (Å²) in [6, 6.07) is 11.2. The van der Waals surface area contributed by atoms with Gasteiger partial charge in [0.25, 0.3) is 5.82 Å². The number of hydrogen-bond acceptors (Lipinski definition) is 14. The van der Waals surface area contributed by atoms with Crippen molar-refractivity contribution in [3.63, 3.8) is 0 Å². The van der Waals surface area contributed by atoms with Crippen LogP contribution in [0.25, 0.3) is 17.1 Å². The van der Waals surface area contributed by atoms with Crippen LogP contribution in [0.2, 0.25) is 0 Å². The van der Waals surface area contributed by atoms with Gasteiger partial charge in [-0.15, -0.1) is 4.57 Å². The number of aryl methyl sites for hydroxylation is 1. The Bertz CT molecular complexity index is 1950. The number of imidazole rings is 1. The van der Waals surface area contributed by atoms with Gasteiger partial charge in [0.2, 0.25) is 0 Å². The molecule has 0 saturated heterocycles. The lowest BCUT2D eigenvalue weighted by atomic mass is 10.1. The maximum Gasteiger partial charge on any atom is 0.341 e. The number of carbonyl (C=O) groups is 1. The SMILES string of the molecule is CCN1/C(=C/C=C(C)/C=C/c2n(CC)c3cc(F)c(C(=O)OC)cc3[n+]2C#CSOO[O-])N(C#CSOO[O-])c2cc(COOC)c(F)cc21. The molecule has 0 amide bonds. The summed E-state index contributed by atoms with van der Waals surface area (Å²) in [5.41, 5.74) is 2.57. The van der Waals surface area contributed by atoms with Gasteiger partial charge >= 0.3 is 5.97 Å². The number of benzene rings is 2. The Labute approximate surface area is 294 Å². The van der Waals surface area contributed by atoms with Gasteiger partial charge in [0.1, 0.15) is 54.2 Å². The molecule has 0 unspecified atom stereocenters. The van der Waals surface area contributed by atoms with Crippen molar-refractivity contribution in [2.24, 2.45) is 0 Å². The molecule has 1 aromatic heterocycles. The highest BCUT2D eigenvalue weighted by atomic mass is 32.2. The van der Waals surface area contributed by atoms with Crippen molar-refractivity contribution < 1.29 is 61.9 Å². The number of anilines is 2. The topological polar surface area (TPSA) is 143 Å². The Morgan fingerprint density at radius 1 is 1.00 bits per heavy atom. The molecule has 0 bridgehead atoms. The number of carbonyl (C=O) groups excluding carboxylic acids is 1. The van der Waals surface area contributed by atoms with Crippen LogP contribution in [0, 0.1) is 34.2 Å².